The fourth-order valence-corrected chi connectivity index (χ4v) is 2.38. The highest BCUT2D eigenvalue weighted by Crippen LogP contribution is 2.12. The summed E-state index contributed by atoms with van der Waals surface area (Å²) in [6, 6.07) is 9.09. The first-order chi connectivity index (χ1) is 8.94. The van der Waals surface area contributed by atoms with Gasteiger partial charge in [-0.2, -0.15) is 5.10 Å². The predicted octanol–water partition coefficient (Wildman–Crippen LogP) is 0.821. The minimum absolute atomic E-state index is 0.144. The molecular weight excluding hydrogens is 264 g/mol. The molecule has 102 valence electrons. The number of rotatable bonds is 5. The SMILES string of the molecule is Cn1nccc1CNc1ccc(CS(N)(=O)=O)cc1. The summed E-state index contributed by atoms with van der Waals surface area (Å²) in [5.74, 6) is -0.144. The Morgan fingerprint density at radius 3 is 2.47 bits per heavy atom. The van der Waals surface area contributed by atoms with Crippen molar-refractivity contribution < 1.29 is 8.42 Å². The highest BCUT2D eigenvalue weighted by molar-refractivity contribution is 7.88. The smallest absolute Gasteiger partial charge is 0.213 e. The summed E-state index contributed by atoms with van der Waals surface area (Å²) in [4.78, 5) is 0. The van der Waals surface area contributed by atoms with Crippen molar-refractivity contribution in [2.45, 2.75) is 12.3 Å². The Balaban J connectivity index is 1.97. The highest BCUT2D eigenvalue weighted by Gasteiger charge is 2.04. The van der Waals surface area contributed by atoms with Gasteiger partial charge in [0, 0.05) is 18.9 Å². The molecule has 0 aliphatic heterocycles. The van der Waals surface area contributed by atoms with Gasteiger partial charge < -0.3 is 5.32 Å². The van der Waals surface area contributed by atoms with E-state index in [0.29, 0.717) is 12.1 Å². The van der Waals surface area contributed by atoms with E-state index >= 15 is 0 Å². The molecule has 7 heteroatoms. The molecule has 0 aliphatic rings. The summed E-state index contributed by atoms with van der Waals surface area (Å²) >= 11 is 0. The molecule has 1 heterocycles. The number of primary sulfonamides is 1. The fraction of sp³-hybridized carbons (Fsp3) is 0.250. The van der Waals surface area contributed by atoms with Crippen molar-refractivity contribution in [3.63, 3.8) is 0 Å². The van der Waals surface area contributed by atoms with Gasteiger partial charge in [-0.1, -0.05) is 12.1 Å². The summed E-state index contributed by atoms with van der Waals surface area (Å²) < 4.78 is 23.7. The molecule has 3 N–H and O–H groups in total. The molecule has 0 saturated heterocycles. The second-order valence-corrected chi connectivity index (χ2v) is 5.92. The number of benzene rings is 1. The Hall–Kier alpha value is -1.86. The average Bonchev–Trinajstić information content (AvgIpc) is 2.72. The molecule has 0 radical (unpaired) electrons. The van der Waals surface area contributed by atoms with Crippen LogP contribution in [0.15, 0.2) is 36.5 Å². The van der Waals surface area contributed by atoms with E-state index in [1.54, 1.807) is 23.0 Å². The highest BCUT2D eigenvalue weighted by atomic mass is 32.2. The fourth-order valence-electron chi connectivity index (χ4n) is 1.72. The number of sulfonamides is 1. The lowest BCUT2D eigenvalue weighted by atomic mass is 10.2. The molecule has 0 atom stereocenters. The van der Waals surface area contributed by atoms with Crippen LogP contribution in [0.1, 0.15) is 11.3 Å². The van der Waals surface area contributed by atoms with Crippen molar-refractivity contribution in [3.8, 4) is 0 Å². The first kappa shape index (κ1) is 13.6. The standard InChI is InChI=1S/C12H16N4O2S/c1-16-12(6-7-15-16)8-14-11-4-2-10(3-5-11)9-19(13,17)18/h2-7,14H,8-9H2,1H3,(H2,13,17,18). The molecule has 0 bridgehead atoms. The third-order valence-corrected chi connectivity index (χ3v) is 3.45. The lowest BCUT2D eigenvalue weighted by Crippen LogP contribution is -2.14. The van der Waals surface area contributed by atoms with Crippen molar-refractivity contribution in [1.82, 2.24) is 9.78 Å². The van der Waals surface area contributed by atoms with E-state index in [1.165, 1.54) is 0 Å². The van der Waals surface area contributed by atoms with Crippen LogP contribution in [-0.2, 0) is 29.4 Å². The van der Waals surface area contributed by atoms with Gasteiger partial charge in [0.15, 0.2) is 0 Å². The van der Waals surface area contributed by atoms with Crippen LogP contribution in [0.25, 0.3) is 0 Å². The maximum atomic E-state index is 11.0. The van der Waals surface area contributed by atoms with Crippen LogP contribution < -0.4 is 10.5 Å². The van der Waals surface area contributed by atoms with Crippen LogP contribution >= 0.6 is 0 Å². The lowest BCUT2D eigenvalue weighted by Gasteiger charge is -2.07. The van der Waals surface area contributed by atoms with Gasteiger partial charge in [0.25, 0.3) is 0 Å². The number of nitrogens with two attached hydrogens (primary N) is 1. The van der Waals surface area contributed by atoms with Crippen molar-refractivity contribution in [3.05, 3.63) is 47.8 Å². The maximum absolute atomic E-state index is 11.0. The quantitative estimate of drug-likeness (QED) is 0.848. The molecule has 2 aromatic rings. The summed E-state index contributed by atoms with van der Waals surface area (Å²) in [6.07, 6.45) is 1.74. The largest absolute Gasteiger partial charge is 0.379 e. The van der Waals surface area contributed by atoms with Crippen molar-refractivity contribution in [2.24, 2.45) is 12.2 Å². The number of nitrogens with one attached hydrogen (secondary N) is 1. The molecule has 0 unspecified atom stereocenters. The number of aromatic nitrogens is 2. The van der Waals surface area contributed by atoms with Gasteiger partial charge in [-0.25, -0.2) is 13.6 Å². The van der Waals surface area contributed by atoms with Crippen LogP contribution in [0.2, 0.25) is 0 Å². The zero-order valence-electron chi connectivity index (χ0n) is 10.6. The minimum atomic E-state index is -3.48. The third kappa shape index (κ3) is 4.08. The van der Waals surface area contributed by atoms with Gasteiger partial charge in [-0.05, 0) is 23.8 Å². The Kier molecular flexibility index (Phi) is 3.87. The summed E-state index contributed by atoms with van der Waals surface area (Å²) in [6.45, 7) is 0.658. The zero-order valence-corrected chi connectivity index (χ0v) is 11.4. The first-order valence-corrected chi connectivity index (χ1v) is 7.46. The monoisotopic (exact) mass is 280 g/mol. The number of aryl methyl sites for hydroxylation is 1. The van der Waals surface area contributed by atoms with E-state index in [9.17, 15) is 8.42 Å². The van der Waals surface area contributed by atoms with E-state index in [4.69, 9.17) is 5.14 Å². The van der Waals surface area contributed by atoms with Crippen molar-refractivity contribution in [2.75, 3.05) is 5.32 Å². The van der Waals surface area contributed by atoms with Gasteiger partial charge in [-0.15, -0.1) is 0 Å². The second kappa shape index (κ2) is 5.41. The Morgan fingerprint density at radius 2 is 1.95 bits per heavy atom. The van der Waals surface area contributed by atoms with Crippen LogP contribution in [0, 0.1) is 0 Å². The van der Waals surface area contributed by atoms with Crippen molar-refractivity contribution >= 4 is 15.7 Å². The third-order valence-electron chi connectivity index (χ3n) is 2.72. The average molecular weight is 280 g/mol. The van der Waals surface area contributed by atoms with Crippen LogP contribution in [0.5, 0.6) is 0 Å². The zero-order chi connectivity index (χ0) is 13.9. The molecule has 1 aromatic carbocycles. The molecule has 0 amide bonds. The second-order valence-electron chi connectivity index (χ2n) is 4.30. The molecule has 0 fully saturated rings. The van der Waals surface area contributed by atoms with E-state index < -0.39 is 10.0 Å². The molecule has 6 nitrogen and oxygen atoms in total. The van der Waals surface area contributed by atoms with Gasteiger partial charge in [0.05, 0.1) is 18.0 Å². The topological polar surface area (TPSA) is 90.0 Å². The Labute approximate surface area is 112 Å². The van der Waals surface area contributed by atoms with Crippen LogP contribution in [-0.4, -0.2) is 18.2 Å². The van der Waals surface area contributed by atoms with Crippen LogP contribution in [0.3, 0.4) is 0 Å². The molecule has 0 aliphatic carbocycles. The Bertz CT molecular complexity index is 647. The summed E-state index contributed by atoms with van der Waals surface area (Å²) in [7, 11) is -1.59. The number of hydrogen-bond donors (Lipinski definition) is 2. The van der Waals surface area contributed by atoms with E-state index in [-0.39, 0.29) is 5.75 Å². The maximum Gasteiger partial charge on any atom is 0.213 e. The first-order valence-electron chi connectivity index (χ1n) is 5.74. The van der Waals surface area contributed by atoms with Gasteiger partial charge in [-0.3, -0.25) is 4.68 Å². The molecule has 2 rings (SSSR count). The molecular formula is C12H16N4O2S. The number of anilines is 1. The summed E-state index contributed by atoms with van der Waals surface area (Å²) in [5.41, 5.74) is 2.65. The van der Waals surface area contributed by atoms with Crippen LogP contribution in [0.4, 0.5) is 5.69 Å². The van der Waals surface area contributed by atoms with E-state index in [2.05, 4.69) is 10.4 Å². The lowest BCUT2D eigenvalue weighted by molar-refractivity contribution is 0.597. The molecule has 19 heavy (non-hydrogen) atoms. The molecule has 0 saturated carbocycles. The summed E-state index contributed by atoms with van der Waals surface area (Å²) in [5, 5.41) is 12.3. The van der Waals surface area contributed by atoms with Gasteiger partial charge in [0.1, 0.15) is 0 Å². The van der Waals surface area contributed by atoms with Gasteiger partial charge in [0.2, 0.25) is 10.0 Å². The number of hydrogen-bond acceptors (Lipinski definition) is 4. The van der Waals surface area contributed by atoms with E-state index in [1.807, 2.05) is 25.2 Å². The van der Waals surface area contributed by atoms with E-state index in [0.717, 1.165) is 11.4 Å². The normalized spacial score (nSPS) is 11.5. The van der Waals surface area contributed by atoms with Gasteiger partial charge >= 0.3 is 0 Å². The van der Waals surface area contributed by atoms with Crippen molar-refractivity contribution in [1.29, 1.82) is 0 Å². The molecule has 1 aromatic heterocycles. The predicted molar refractivity (Wildman–Crippen MR) is 73.8 cm³/mol. The number of nitrogens with zero attached hydrogens (tertiary/aromatic N) is 2. The molecule has 0 spiro atoms. The minimum Gasteiger partial charge on any atom is -0.379 e. The Morgan fingerprint density at radius 1 is 1.26 bits per heavy atom.